The SMILES string of the molecule is CC1CN(c2ncccc2C(F)(F)F)CCN1c1nc(CN2CCOCC2)nc(-c2cccc(C(F)(F)F)c2)n1. The largest absolute Gasteiger partial charge is 0.419 e. The molecule has 1 atom stereocenters. The fourth-order valence-corrected chi connectivity index (χ4v) is 4.85. The minimum atomic E-state index is -4.55. The van der Waals surface area contributed by atoms with Crippen molar-refractivity contribution in [2.24, 2.45) is 0 Å². The first-order valence-corrected chi connectivity index (χ1v) is 12.8. The molecule has 2 saturated heterocycles. The van der Waals surface area contributed by atoms with Crippen LogP contribution in [0.25, 0.3) is 11.4 Å². The van der Waals surface area contributed by atoms with Gasteiger partial charge in [-0.2, -0.15) is 36.3 Å². The number of ether oxygens (including phenoxy) is 1. The molecule has 1 unspecified atom stereocenters. The van der Waals surface area contributed by atoms with Crippen LogP contribution in [-0.2, 0) is 23.6 Å². The van der Waals surface area contributed by atoms with Gasteiger partial charge in [0.05, 0.1) is 30.9 Å². The van der Waals surface area contributed by atoms with Gasteiger partial charge < -0.3 is 14.5 Å². The van der Waals surface area contributed by atoms with Crippen LogP contribution < -0.4 is 9.80 Å². The second-order valence-electron chi connectivity index (χ2n) is 9.70. The fraction of sp³-hybridized carbons (Fsp3) is 0.462. The summed E-state index contributed by atoms with van der Waals surface area (Å²) < 4.78 is 86.4. The zero-order chi connectivity index (χ0) is 28.5. The molecule has 0 amide bonds. The zero-order valence-electron chi connectivity index (χ0n) is 21.6. The highest BCUT2D eigenvalue weighted by Gasteiger charge is 2.37. The number of nitrogens with zero attached hydrogens (tertiary/aromatic N) is 7. The first kappa shape index (κ1) is 28.0. The smallest absolute Gasteiger partial charge is 0.379 e. The fourth-order valence-electron chi connectivity index (χ4n) is 4.85. The average Bonchev–Trinajstić information content (AvgIpc) is 2.92. The van der Waals surface area contributed by atoms with Crippen LogP contribution in [0.15, 0.2) is 42.6 Å². The first-order valence-electron chi connectivity index (χ1n) is 12.8. The summed E-state index contributed by atoms with van der Waals surface area (Å²) in [4.78, 5) is 23.2. The summed E-state index contributed by atoms with van der Waals surface area (Å²) in [5.74, 6) is 0.598. The summed E-state index contributed by atoms with van der Waals surface area (Å²) in [6.07, 6.45) is -7.76. The number of rotatable bonds is 5. The number of piperazine rings is 1. The van der Waals surface area contributed by atoms with Gasteiger partial charge >= 0.3 is 12.4 Å². The van der Waals surface area contributed by atoms with Gasteiger partial charge in [0.1, 0.15) is 11.6 Å². The van der Waals surface area contributed by atoms with E-state index >= 15 is 0 Å². The summed E-state index contributed by atoms with van der Waals surface area (Å²) in [5.41, 5.74) is -1.44. The van der Waals surface area contributed by atoms with E-state index in [1.54, 1.807) is 4.90 Å². The third-order valence-corrected chi connectivity index (χ3v) is 6.86. The highest BCUT2D eigenvalue weighted by atomic mass is 19.4. The van der Waals surface area contributed by atoms with Gasteiger partial charge in [0.2, 0.25) is 5.95 Å². The summed E-state index contributed by atoms with van der Waals surface area (Å²) in [6.45, 7) is 5.28. The Bertz CT molecular complexity index is 1330. The van der Waals surface area contributed by atoms with E-state index in [-0.39, 0.29) is 48.8 Å². The lowest BCUT2D eigenvalue weighted by molar-refractivity contribution is -0.138. The number of aromatic nitrogens is 4. The molecule has 0 radical (unpaired) electrons. The van der Waals surface area contributed by atoms with Crippen molar-refractivity contribution in [1.82, 2.24) is 24.8 Å². The van der Waals surface area contributed by atoms with Crippen molar-refractivity contribution >= 4 is 11.8 Å². The summed E-state index contributed by atoms with van der Waals surface area (Å²) in [5, 5.41) is 0. The lowest BCUT2D eigenvalue weighted by Crippen LogP contribution is -2.53. The van der Waals surface area contributed by atoms with Crippen molar-refractivity contribution in [2.75, 3.05) is 55.7 Å². The minimum absolute atomic E-state index is 0.0954. The number of morpholine rings is 1. The molecule has 0 saturated carbocycles. The van der Waals surface area contributed by atoms with Gasteiger partial charge in [0.25, 0.3) is 0 Å². The van der Waals surface area contributed by atoms with Gasteiger partial charge in [-0.3, -0.25) is 4.90 Å². The summed E-state index contributed by atoms with van der Waals surface area (Å²) in [6, 6.07) is 6.72. The van der Waals surface area contributed by atoms with Gasteiger partial charge in [-0.05, 0) is 31.2 Å². The van der Waals surface area contributed by atoms with Gasteiger partial charge in [0.15, 0.2) is 5.82 Å². The molecule has 5 rings (SSSR count). The van der Waals surface area contributed by atoms with Gasteiger partial charge in [-0.15, -0.1) is 0 Å². The molecule has 2 fully saturated rings. The van der Waals surface area contributed by atoms with Crippen LogP contribution >= 0.6 is 0 Å². The molecule has 14 heteroatoms. The standard InChI is InChI=1S/C26H27F6N7O/c1-17-15-38(23-20(26(30,31)32)6-3-7-33-23)8-9-39(17)24-35-21(16-37-10-12-40-13-11-37)34-22(36-24)18-4-2-5-19(14-18)25(27,28)29/h2-7,14,17H,8-13,15-16H2,1H3. The Balaban J connectivity index is 1.46. The monoisotopic (exact) mass is 567 g/mol. The van der Waals surface area contributed by atoms with Crippen LogP contribution in [0.3, 0.4) is 0 Å². The number of pyridine rings is 1. The highest BCUT2D eigenvalue weighted by Crippen LogP contribution is 2.36. The maximum atomic E-state index is 13.6. The molecule has 2 aliphatic rings. The van der Waals surface area contributed by atoms with Crippen LogP contribution in [0.5, 0.6) is 0 Å². The van der Waals surface area contributed by atoms with Crippen molar-refractivity contribution in [3.8, 4) is 11.4 Å². The average molecular weight is 568 g/mol. The number of halogens is 6. The molecule has 2 aliphatic heterocycles. The van der Waals surface area contributed by atoms with E-state index in [4.69, 9.17) is 4.74 Å². The van der Waals surface area contributed by atoms with Crippen LogP contribution in [0.4, 0.5) is 38.1 Å². The number of anilines is 2. The van der Waals surface area contributed by atoms with E-state index in [0.717, 1.165) is 18.2 Å². The molecule has 0 N–H and O–H groups in total. The van der Waals surface area contributed by atoms with Crippen molar-refractivity contribution in [1.29, 1.82) is 0 Å². The molecule has 1 aromatic carbocycles. The van der Waals surface area contributed by atoms with Gasteiger partial charge in [-0.1, -0.05) is 12.1 Å². The Morgan fingerprint density at radius 3 is 2.38 bits per heavy atom. The number of hydrogen-bond donors (Lipinski definition) is 0. The van der Waals surface area contributed by atoms with Crippen molar-refractivity contribution in [3.63, 3.8) is 0 Å². The topological polar surface area (TPSA) is 70.5 Å². The van der Waals surface area contributed by atoms with Crippen molar-refractivity contribution in [3.05, 3.63) is 59.5 Å². The number of hydrogen-bond acceptors (Lipinski definition) is 8. The lowest BCUT2D eigenvalue weighted by Gasteiger charge is -2.41. The summed E-state index contributed by atoms with van der Waals surface area (Å²) >= 11 is 0. The van der Waals surface area contributed by atoms with Gasteiger partial charge in [0, 0.05) is 50.5 Å². The molecule has 214 valence electrons. The van der Waals surface area contributed by atoms with E-state index < -0.39 is 23.5 Å². The molecule has 8 nitrogen and oxygen atoms in total. The number of benzene rings is 1. The maximum absolute atomic E-state index is 13.6. The maximum Gasteiger partial charge on any atom is 0.419 e. The predicted octanol–water partition coefficient (Wildman–Crippen LogP) is 4.52. The van der Waals surface area contributed by atoms with Crippen LogP contribution in [0.2, 0.25) is 0 Å². The molecule has 0 aliphatic carbocycles. The van der Waals surface area contributed by atoms with E-state index in [9.17, 15) is 26.3 Å². The lowest BCUT2D eigenvalue weighted by atomic mass is 10.1. The van der Waals surface area contributed by atoms with Gasteiger partial charge in [-0.25, -0.2) is 9.97 Å². The molecule has 4 heterocycles. The van der Waals surface area contributed by atoms with Crippen LogP contribution in [-0.4, -0.2) is 76.8 Å². The second kappa shape index (κ2) is 11.2. The predicted molar refractivity (Wildman–Crippen MR) is 135 cm³/mol. The molecular formula is C26H27F6N7O. The normalized spacial score (nSPS) is 19.2. The van der Waals surface area contributed by atoms with E-state index in [2.05, 4.69) is 24.8 Å². The molecular weight excluding hydrogens is 540 g/mol. The van der Waals surface area contributed by atoms with Crippen molar-refractivity contribution < 1.29 is 31.1 Å². The third kappa shape index (κ3) is 6.28. The van der Waals surface area contributed by atoms with Crippen LogP contribution in [0, 0.1) is 0 Å². The van der Waals surface area contributed by atoms with E-state index in [0.29, 0.717) is 38.7 Å². The second-order valence-corrected chi connectivity index (χ2v) is 9.70. The Labute approximate surface area is 226 Å². The Morgan fingerprint density at radius 1 is 0.900 bits per heavy atom. The third-order valence-electron chi connectivity index (χ3n) is 6.86. The van der Waals surface area contributed by atoms with Crippen molar-refractivity contribution in [2.45, 2.75) is 31.9 Å². The highest BCUT2D eigenvalue weighted by molar-refractivity contribution is 5.58. The minimum Gasteiger partial charge on any atom is -0.379 e. The summed E-state index contributed by atoms with van der Waals surface area (Å²) in [7, 11) is 0. The Kier molecular flexibility index (Phi) is 7.82. The zero-order valence-corrected chi connectivity index (χ0v) is 21.6. The molecule has 3 aromatic rings. The molecule has 40 heavy (non-hydrogen) atoms. The van der Waals surface area contributed by atoms with E-state index in [1.807, 2.05) is 11.8 Å². The molecule has 0 spiro atoms. The molecule has 0 bridgehead atoms. The van der Waals surface area contributed by atoms with Crippen LogP contribution in [0.1, 0.15) is 23.9 Å². The number of alkyl halides is 6. The Morgan fingerprint density at radius 2 is 1.68 bits per heavy atom. The quantitative estimate of drug-likeness (QED) is 0.417. The Hall–Kier alpha value is -3.52. The first-order chi connectivity index (χ1) is 19.0. The van der Waals surface area contributed by atoms with E-state index in [1.165, 1.54) is 24.4 Å². The molecule has 2 aromatic heterocycles.